The molecule has 0 aliphatic heterocycles. The topological polar surface area (TPSA) is 40.5 Å². The quantitative estimate of drug-likeness (QED) is 0.220. The van der Waals surface area contributed by atoms with E-state index in [4.69, 9.17) is 9.47 Å². The van der Waals surface area contributed by atoms with Crippen molar-refractivity contribution in [1.82, 2.24) is 4.57 Å². The molecule has 6 rings (SSSR count). The molecule has 0 saturated heterocycles. The summed E-state index contributed by atoms with van der Waals surface area (Å²) in [6, 6.07) is 26.0. The van der Waals surface area contributed by atoms with E-state index < -0.39 is 0 Å². The van der Waals surface area contributed by atoms with Gasteiger partial charge >= 0.3 is 0 Å². The first-order valence-corrected chi connectivity index (χ1v) is 12.6. The van der Waals surface area contributed by atoms with Crippen molar-refractivity contribution < 1.29 is 14.3 Å². The molecule has 0 amide bonds. The summed E-state index contributed by atoms with van der Waals surface area (Å²) >= 11 is 3.65. The largest absolute Gasteiger partial charge is 0.497 e. The molecule has 5 heteroatoms. The van der Waals surface area contributed by atoms with E-state index >= 15 is 0 Å². The van der Waals surface area contributed by atoms with Crippen molar-refractivity contribution in [3.63, 3.8) is 0 Å². The highest BCUT2D eigenvalue weighted by atomic mass is 79.9. The van der Waals surface area contributed by atoms with Gasteiger partial charge in [-0.2, -0.15) is 0 Å². The number of nitrogens with zero attached hydrogens (tertiary/aromatic N) is 1. The maximum absolute atomic E-state index is 13.9. The fraction of sp³-hybridized carbons (Fsp3) is 0.129. The van der Waals surface area contributed by atoms with Crippen LogP contribution in [0, 0.1) is 0 Å². The van der Waals surface area contributed by atoms with E-state index in [1.54, 1.807) is 14.2 Å². The lowest BCUT2D eigenvalue weighted by atomic mass is 9.93. The van der Waals surface area contributed by atoms with Crippen molar-refractivity contribution in [3.8, 4) is 11.5 Å². The fourth-order valence-corrected chi connectivity index (χ4v) is 5.75. The van der Waals surface area contributed by atoms with Gasteiger partial charge in [-0.1, -0.05) is 34.1 Å². The highest BCUT2D eigenvalue weighted by Gasteiger charge is 2.30. The zero-order valence-electron chi connectivity index (χ0n) is 20.3. The molecule has 0 atom stereocenters. The molecule has 0 fully saturated rings. The summed E-state index contributed by atoms with van der Waals surface area (Å²) in [5.74, 6) is 1.55. The Bertz CT molecular complexity index is 1690. The number of benzene rings is 4. The molecule has 0 N–H and O–H groups in total. The molecule has 1 aliphatic carbocycles. The summed E-state index contributed by atoms with van der Waals surface area (Å²) in [7, 11) is 5.39. The van der Waals surface area contributed by atoms with Gasteiger partial charge in [0, 0.05) is 50.9 Å². The molecule has 4 nitrogen and oxygen atoms in total. The second-order valence-corrected chi connectivity index (χ2v) is 9.94. The average Bonchev–Trinajstić information content (AvgIpc) is 3.43. The minimum absolute atomic E-state index is 0.0363. The Balaban J connectivity index is 1.60. The number of hydrogen-bond acceptors (Lipinski definition) is 3. The number of ketones is 1. The predicted octanol–water partition coefficient (Wildman–Crippen LogP) is 7.35. The summed E-state index contributed by atoms with van der Waals surface area (Å²) < 4.78 is 13.9. The molecule has 4 aromatic carbocycles. The van der Waals surface area contributed by atoms with Crippen molar-refractivity contribution in [2.75, 3.05) is 14.2 Å². The number of rotatable bonds is 5. The number of fused-ring (bicyclic) bond motifs is 5. The number of allylic oxidation sites excluding steroid dienone is 1. The number of methoxy groups -OCH3 is 2. The molecule has 0 radical (unpaired) electrons. The fourth-order valence-electron chi connectivity index (χ4n) is 5.39. The first-order chi connectivity index (χ1) is 17.5. The first-order valence-electron chi connectivity index (χ1n) is 11.8. The number of halogens is 1. The summed E-state index contributed by atoms with van der Waals surface area (Å²) in [5.41, 5.74) is 8.09. The standard InChI is InChI=1S/C31H24BrNO3/c1-33-27-14-8-20(32)16-25(27)30-24-17-26(31(34)19-6-11-22(36-3)12-7-19)29(23(24)13-15-28(30)33)18-4-9-21(35-2)10-5-18/h4-16H,17H2,1-3H3. The number of carbonyl (C=O) groups excluding carboxylic acids is 1. The zero-order valence-corrected chi connectivity index (χ0v) is 21.8. The van der Waals surface area contributed by atoms with Gasteiger partial charge in [-0.05, 0) is 82.9 Å². The van der Waals surface area contributed by atoms with E-state index in [-0.39, 0.29) is 5.78 Å². The highest BCUT2D eigenvalue weighted by molar-refractivity contribution is 9.10. The van der Waals surface area contributed by atoms with Crippen LogP contribution in [0.15, 0.2) is 88.9 Å². The molecular formula is C31H24BrNO3. The van der Waals surface area contributed by atoms with E-state index in [0.29, 0.717) is 12.0 Å². The molecule has 0 saturated carbocycles. The van der Waals surface area contributed by atoms with E-state index in [0.717, 1.165) is 43.8 Å². The molecule has 36 heavy (non-hydrogen) atoms. The van der Waals surface area contributed by atoms with Crippen molar-refractivity contribution >= 4 is 49.1 Å². The van der Waals surface area contributed by atoms with Crippen LogP contribution >= 0.6 is 15.9 Å². The third-order valence-corrected chi connectivity index (χ3v) is 7.66. The van der Waals surface area contributed by atoms with Gasteiger partial charge < -0.3 is 14.0 Å². The highest BCUT2D eigenvalue weighted by Crippen LogP contribution is 2.45. The number of ether oxygens (including phenoxy) is 2. The monoisotopic (exact) mass is 537 g/mol. The molecule has 5 aromatic rings. The molecule has 1 heterocycles. The Morgan fingerprint density at radius 2 is 1.47 bits per heavy atom. The maximum atomic E-state index is 13.9. The summed E-state index contributed by atoms with van der Waals surface area (Å²) in [4.78, 5) is 13.9. The first kappa shape index (κ1) is 22.6. The molecule has 0 bridgehead atoms. The Morgan fingerprint density at radius 3 is 2.14 bits per heavy atom. The van der Waals surface area contributed by atoms with E-state index in [2.05, 4.69) is 57.9 Å². The van der Waals surface area contributed by atoms with Gasteiger partial charge in [-0.15, -0.1) is 0 Å². The van der Waals surface area contributed by atoms with Crippen LogP contribution in [-0.4, -0.2) is 24.6 Å². The van der Waals surface area contributed by atoms with Crippen LogP contribution in [0.1, 0.15) is 27.0 Å². The second kappa shape index (κ2) is 8.68. The molecule has 1 aromatic heterocycles. The SMILES string of the molecule is COc1ccc(C(=O)C2=C(c3ccc(OC)cc3)c3ccc4c(c3C2)c2cc(Br)ccc2n4C)cc1. The summed E-state index contributed by atoms with van der Waals surface area (Å²) in [5, 5.41) is 2.39. The van der Waals surface area contributed by atoms with Crippen molar-refractivity contribution in [1.29, 1.82) is 0 Å². The predicted molar refractivity (Wildman–Crippen MR) is 148 cm³/mol. The number of carbonyl (C=O) groups is 1. The van der Waals surface area contributed by atoms with Crippen LogP contribution in [0.3, 0.4) is 0 Å². The number of aryl methyl sites for hydroxylation is 1. The van der Waals surface area contributed by atoms with Crippen LogP contribution in [-0.2, 0) is 13.5 Å². The Labute approximate surface area is 217 Å². The van der Waals surface area contributed by atoms with Crippen LogP contribution in [0.25, 0.3) is 27.4 Å². The van der Waals surface area contributed by atoms with Gasteiger partial charge in [-0.25, -0.2) is 0 Å². The van der Waals surface area contributed by atoms with Crippen LogP contribution in [0.5, 0.6) is 11.5 Å². The van der Waals surface area contributed by atoms with Gasteiger partial charge in [0.15, 0.2) is 5.78 Å². The van der Waals surface area contributed by atoms with Gasteiger partial charge in [0.2, 0.25) is 0 Å². The van der Waals surface area contributed by atoms with E-state index in [1.165, 1.54) is 21.9 Å². The van der Waals surface area contributed by atoms with Crippen LogP contribution in [0.4, 0.5) is 0 Å². The van der Waals surface area contributed by atoms with Gasteiger partial charge in [0.05, 0.1) is 14.2 Å². The van der Waals surface area contributed by atoms with Crippen LogP contribution in [0.2, 0.25) is 0 Å². The Morgan fingerprint density at radius 1 is 0.833 bits per heavy atom. The normalized spacial score (nSPS) is 12.9. The molecule has 0 spiro atoms. The maximum Gasteiger partial charge on any atom is 0.189 e. The second-order valence-electron chi connectivity index (χ2n) is 9.02. The Hall–Kier alpha value is -3.83. The van der Waals surface area contributed by atoms with Gasteiger partial charge in [0.1, 0.15) is 11.5 Å². The summed E-state index contributed by atoms with van der Waals surface area (Å²) in [6.45, 7) is 0. The minimum atomic E-state index is 0.0363. The van der Waals surface area contributed by atoms with Gasteiger partial charge in [0.25, 0.3) is 0 Å². The van der Waals surface area contributed by atoms with Crippen molar-refractivity contribution in [3.05, 3.63) is 111 Å². The van der Waals surface area contributed by atoms with Crippen molar-refractivity contribution in [2.45, 2.75) is 6.42 Å². The average molecular weight is 538 g/mol. The minimum Gasteiger partial charge on any atom is -0.497 e. The van der Waals surface area contributed by atoms with Crippen LogP contribution < -0.4 is 9.47 Å². The lowest BCUT2D eigenvalue weighted by Crippen LogP contribution is -2.05. The van der Waals surface area contributed by atoms with E-state index in [1.807, 2.05) is 48.5 Å². The summed E-state index contributed by atoms with van der Waals surface area (Å²) in [6.07, 6.45) is 0.574. The number of Topliss-reactive ketones (excluding diaryl/α,β-unsaturated/α-hetero) is 1. The molecular weight excluding hydrogens is 514 g/mol. The number of hydrogen-bond donors (Lipinski definition) is 0. The van der Waals surface area contributed by atoms with Crippen molar-refractivity contribution in [2.24, 2.45) is 7.05 Å². The number of aromatic nitrogens is 1. The van der Waals surface area contributed by atoms with E-state index in [9.17, 15) is 4.79 Å². The lowest BCUT2D eigenvalue weighted by Gasteiger charge is -2.11. The van der Waals surface area contributed by atoms with Gasteiger partial charge in [-0.3, -0.25) is 4.79 Å². The molecule has 0 unspecified atom stereocenters. The third-order valence-electron chi connectivity index (χ3n) is 7.17. The third kappa shape index (κ3) is 3.46. The molecule has 178 valence electrons. The Kier molecular flexibility index (Phi) is 5.45. The molecule has 1 aliphatic rings. The lowest BCUT2D eigenvalue weighted by molar-refractivity contribution is 0.103. The smallest absolute Gasteiger partial charge is 0.189 e. The zero-order chi connectivity index (χ0) is 25.0.